The molecule has 16 heavy (non-hydrogen) atoms. The molecular weight excluding hydrogens is 226 g/mol. The summed E-state index contributed by atoms with van der Waals surface area (Å²) in [5.41, 5.74) is 0. The van der Waals surface area contributed by atoms with Gasteiger partial charge in [0, 0.05) is 24.9 Å². The Morgan fingerprint density at radius 1 is 1.44 bits per heavy atom. The van der Waals surface area contributed by atoms with Gasteiger partial charge >= 0.3 is 5.97 Å². The maximum atomic E-state index is 10.2. The Bertz CT molecular complexity index is 227. The lowest BCUT2D eigenvalue weighted by Gasteiger charge is -2.26. The molecule has 0 aromatic heterocycles. The number of morpholine rings is 1. The number of carboxylic acid groups (broad SMARTS) is 1. The summed E-state index contributed by atoms with van der Waals surface area (Å²) in [5.74, 6) is 1.01. The van der Waals surface area contributed by atoms with Crippen molar-refractivity contribution in [3.63, 3.8) is 0 Å². The van der Waals surface area contributed by atoms with Crippen LogP contribution in [0, 0.1) is 0 Å². The van der Waals surface area contributed by atoms with E-state index in [1.807, 2.05) is 0 Å². The van der Waals surface area contributed by atoms with Crippen molar-refractivity contribution < 1.29 is 14.6 Å². The zero-order chi connectivity index (χ0) is 11.6. The standard InChI is InChI=1S/C11H19NO3S/c13-11(14)3-1-9-16-10-2-4-12-5-7-15-8-6-12/h1,3H,2,4-10H2,(H,13,14). The van der Waals surface area contributed by atoms with Crippen molar-refractivity contribution in [3.05, 3.63) is 12.2 Å². The molecule has 0 saturated carbocycles. The van der Waals surface area contributed by atoms with Crippen LogP contribution in [0.2, 0.25) is 0 Å². The van der Waals surface area contributed by atoms with E-state index in [1.165, 1.54) is 6.08 Å². The number of hydrogen-bond donors (Lipinski definition) is 1. The van der Waals surface area contributed by atoms with Gasteiger partial charge in [-0.1, -0.05) is 6.08 Å². The van der Waals surface area contributed by atoms with Gasteiger partial charge in [-0.2, -0.15) is 11.8 Å². The number of carboxylic acids is 1. The number of ether oxygens (including phenoxy) is 1. The predicted molar refractivity (Wildman–Crippen MR) is 66.0 cm³/mol. The van der Waals surface area contributed by atoms with E-state index < -0.39 is 5.97 Å². The third-order valence-corrected chi connectivity index (χ3v) is 3.35. The minimum absolute atomic E-state index is 0.787. The van der Waals surface area contributed by atoms with E-state index in [-0.39, 0.29) is 0 Å². The minimum atomic E-state index is -0.867. The Balaban J connectivity index is 1.89. The molecule has 0 bridgehead atoms. The highest BCUT2D eigenvalue weighted by molar-refractivity contribution is 7.99. The van der Waals surface area contributed by atoms with Gasteiger partial charge in [-0.3, -0.25) is 4.90 Å². The summed E-state index contributed by atoms with van der Waals surface area (Å²) in [6, 6.07) is 0. The van der Waals surface area contributed by atoms with Crippen molar-refractivity contribution in [1.82, 2.24) is 4.90 Å². The molecule has 1 aliphatic rings. The number of hydrogen-bond acceptors (Lipinski definition) is 4. The topological polar surface area (TPSA) is 49.8 Å². The third kappa shape index (κ3) is 6.87. The first kappa shape index (κ1) is 13.5. The van der Waals surface area contributed by atoms with E-state index in [0.717, 1.165) is 50.8 Å². The molecule has 0 atom stereocenters. The first-order chi connectivity index (χ1) is 7.79. The molecule has 1 heterocycles. The van der Waals surface area contributed by atoms with Crippen molar-refractivity contribution in [3.8, 4) is 0 Å². The Labute approximate surface area is 101 Å². The summed E-state index contributed by atoms with van der Waals surface area (Å²) in [6.45, 7) is 4.93. The molecule has 1 rings (SSSR count). The summed E-state index contributed by atoms with van der Waals surface area (Å²) in [7, 11) is 0. The summed E-state index contributed by atoms with van der Waals surface area (Å²) < 4.78 is 5.27. The van der Waals surface area contributed by atoms with Crippen molar-refractivity contribution >= 4 is 17.7 Å². The Morgan fingerprint density at radius 3 is 2.88 bits per heavy atom. The molecule has 1 N–H and O–H groups in total. The number of carbonyl (C=O) groups is 1. The zero-order valence-corrected chi connectivity index (χ0v) is 10.2. The highest BCUT2D eigenvalue weighted by Gasteiger charge is 2.08. The molecule has 1 aliphatic heterocycles. The monoisotopic (exact) mass is 245 g/mol. The van der Waals surface area contributed by atoms with Crippen molar-refractivity contribution in [2.24, 2.45) is 0 Å². The molecule has 1 saturated heterocycles. The SMILES string of the molecule is O=C(O)C=CCSCCCN1CCOCC1. The van der Waals surface area contributed by atoms with Crippen LogP contribution in [0.5, 0.6) is 0 Å². The van der Waals surface area contributed by atoms with E-state index >= 15 is 0 Å². The average molecular weight is 245 g/mol. The molecule has 5 heteroatoms. The summed E-state index contributed by atoms with van der Waals surface area (Å²) in [6.07, 6.45) is 4.06. The highest BCUT2D eigenvalue weighted by atomic mass is 32.2. The fraction of sp³-hybridized carbons (Fsp3) is 0.727. The van der Waals surface area contributed by atoms with Gasteiger partial charge in [0.15, 0.2) is 0 Å². The second kappa shape index (κ2) is 8.61. The lowest BCUT2D eigenvalue weighted by Crippen LogP contribution is -2.36. The summed E-state index contributed by atoms with van der Waals surface area (Å²) >= 11 is 1.78. The molecule has 0 aliphatic carbocycles. The van der Waals surface area contributed by atoms with E-state index in [1.54, 1.807) is 17.8 Å². The van der Waals surface area contributed by atoms with Crippen LogP contribution in [-0.2, 0) is 9.53 Å². The molecule has 0 aromatic rings. The fourth-order valence-electron chi connectivity index (χ4n) is 1.52. The number of aliphatic carboxylic acids is 1. The predicted octanol–water partition coefficient (Wildman–Crippen LogP) is 1.08. The van der Waals surface area contributed by atoms with Gasteiger partial charge in [0.25, 0.3) is 0 Å². The molecule has 92 valence electrons. The van der Waals surface area contributed by atoms with Gasteiger partial charge in [-0.05, 0) is 18.7 Å². The Kier molecular flexibility index (Phi) is 7.29. The van der Waals surface area contributed by atoms with Gasteiger partial charge in [-0.15, -0.1) is 0 Å². The van der Waals surface area contributed by atoms with Crippen molar-refractivity contribution in [2.45, 2.75) is 6.42 Å². The summed E-state index contributed by atoms with van der Waals surface area (Å²) in [4.78, 5) is 12.6. The number of nitrogens with zero attached hydrogens (tertiary/aromatic N) is 1. The van der Waals surface area contributed by atoms with Crippen LogP contribution in [0.1, 0.15) is 6.42 Å². The maximum Gasteiger partial charge on any atom is 0.328 e. The van der Waals surface area contributed by atoms with Gasteiger partial charge in [0.1, 0.15) is 0 Å². The summed E-state index contributed by atoms with van der Waals surface area (Å²) in [5, 5.41) is 8.37. The van der Waals surface area contributed by atoms with Crippen LogP contribution in [0.25, 0.3) is 0 Å². The van der Waals surface area contributed by atoms with E-state index in [0.29, 0.717) is 0 Å². The molecule has 0 radical (unpaired) electrons. The quantitative estimate of drug-likeness (QED) is 0.537. The van der Waals surface area contributed by atoms with E-state index in [2.05, 4.69) is 4.90 Å². The average Bonchev–Trinajstić information content (AvgIpc) is 2.29. The second-order valence-corrected chi connectivity index (χ2v) is 4.77. The van der Waals surface area contributed by atoms with Crippen LogP contribution < -0.4 is 0 Å². The molecule has 0 unspecified atom stereocenters. The van der Waals surface area contributed by atoms with Crippen LogP contribution in [0.3, 0.4) is 0 Å². The third-order valence-electron chi connectivity index (χ3n) is 2.34. The lowest BCUT2D eigenvalue weighted by atomic mass is 10.4. The molecule has 4 nitrogen and oxygen atoms in total. The molecular formula is C11H19NO3S. The largest absolute Gasteiger partial charge is 0.478 e. The zero-order valence-electron chi connectivity index (χ0n) is 9.43. The van der Waals surface area contributed by atoms with Crippen LogP contribution in [0.4, 0.5) is 0 Å². The molecule has 0 amide bonds. The fourth-order valence-corrected chi connectivity index (χ4v) is 2.25. The first-order valence-electron chi connectivity index (χ1n) is 5.56. The van der Waals surface area contributed by atoms with Crippen LogP contribution in [0.15, 0.2) is 12.2 Å². The van der Waals surface area contributed by atoms with Crippen LogP contribution >= 0.6 is 11.8 Å². The molecule has 1 fully saturated rings. The second-order valence-electron chi connectivity index (χ2n) is 3.62. The van der Waals surface area contributed by atoms with Gasteiger partial charge < -0.3 is 9.84 Å². The normalized spacial score (nSPS) is 18.0. The molecule has 0 spiro atoms. The smallest absolute Gasteiger partial charge is 0.328 e. The minimum Gasteiger partial charge on any atom is -0.478 e. The van der Waals surface area contributed by atoms with Gasteiger partial charge in [0.05, 0.1) is 13.2 Å². The number of rotatable bonds is 7. The van der Waals surface area contributed by atoms with E-state index in [4.69, 9.17) is 9.84 Å². The highest BCUT2D eigenvalue weighted by Crippen LogP contribution is 2.05. The lowest BCUT2D eigenvalue weighted by molar-refractivity contribution is -0.131. The Hall–Kier alpha value is -0.520. The maximum absolute atomic E-state index is 10.2. The van der Waals surface area contributed by atoms with Crippen molar-refractivity contribution in [2.75, 3.05) is 44.4 Å². The van der Waals surface area contributed by atoms with Crippen LogP contribution in [-0.4, -0.2) is 60.3 Å². The Morgan fingerprint density at radius 2 is 2.19 bits per heavy atom. The van der Waals surface area contributed by atoms with Gasteiger partial charge in [-0.25, -0.2) is 4.79 Å². The first-order valence-corrected chi connectivity index (χ1v) is 6.72. The van der Waals surface area contributed by atoms with Gasteiger partial charge in [0.2, 0.25) is 0 Å². The number of thioether (sulfide) groups is 1. The van der Waals surface area contributed by atoms with E-state index in [9.17, 15) is 4.79 Å². The van der Waals surface area contributed by atoms with Crippen molar-refractivity contribution in [1.29, 1.82) is 0 Å². The molecule has 0 aromatic carbocycles.